The number of rotatable bonds is 5. The molecule has 0 saturated heterocycles. The van der Waals surface area contributed by atoms with Crippen molar-refractivity contribution in [3.8, 4) is 0 Å². The maximum atomic E-state index is 11.5. The summed E-state index contributed by atoms with van der Waals surface area (Å²) in [5.41, 5.74) is 0.798. The molecule has 1 unspecified atom stereocenters. The third-order valence-corrected chi connectivity index (χ3v) is 2.55. The van der Waals surface area contributed by atoms with Crippen LogP contribution in [0.3, 0.4) is 0 Å². The average molecular weight is 272 g/mol. The Morgan fingerprint density at radius 1 is 1.60 bits per heavy atom. The monoisotopic (exact) mass is 271 g/mol. The standard InChI is InChI=1S/C11H14BrNO2/c1-8(15-2)5-11(14)6-10-4-3-9(12)7-13-10/h3-4,7-8H,5-6H2,1-2H3. The number of pyridine rings is 1. The number of ketones is 1. The Kier molecular flexibility index (Phi) is 4.91. The minimum Gasteiger partial charge on any atom is -0.381 e. The van der Waals surface area contributed by atoms with Gasteiger partial charge in [-0.1, -0.05) is 0 Å². The van der Waals surface area contributed by atoms with Crippen LogP contribution in [0.4, 0.5) is 0 Å². The fourth-order valence-corrected chi connectivity index (χ4v) is 1.42. The Bertz CT molecular complexity index is 324. The normalized spacial score (nSPS) is 12.5. The SMILES string of the molecule is COC(C)CC(=O)Cc1ccc(Br)cn1. The molecule has 0 aromatic carbocycles. The summed E-state index contributed by atoms with van der Waals surface area (Å²) in [7, 11) is 1.61. The van der Waals surface area contributed by atoms with Crippen molar-refractivity contribution in [3.05, 3.63) is 28.5 Å². The lowest BCUT2D eigenvalue weighted by atomic mass is 10.1. The van der Waals surface area contributed by atoms with Gasteiger partial charge in [0.05, 0.1) is 6.10 Å². The smallest absolute Gasteiger partial charge is 0.141 e. The van der Waals surface area contributed by atoms with Crippen LogP contribution in [-0.2, 0) is 16.0 Å². The number of hydrogen-bond donors (Lipinski definition) is 0. The maximum absolute atomic E-state index is 11.5. The first-order valence-corrected chi connectivity index (χ1v) is 5.56. The molecule has 4 heteroatoms. The Morgan fingerprint density at radius 3 is 2.87 bits per heavy atom. The maximum Gasteiger partial charge on any atom is 0.141 e. The fourth-order valence-electron chi connectivity index (χ4n) is 1.19. The van der Waals surface area contributed by atoms with E-state index in [1.807, 2.05) is 19.1 Å². The van der Waals surface area contributed by atoms with Gasteiger partial charge in [0, 0.05) is 36.3 Å². The number of carbonyl (C=O) groups excluding carboxylic acids is 1. The lowest BCUT2D eigenvalue weighted by Crippen LogP contribution is -2.14. The number of Topliss-reactive ketones (excluding diaryl/α,β-unsaturated/α-hetero) is 1. The molecular formula is C11H14BrNO2. The van der Waals surface area contributed by atoms with Crippen molar-refractivity contribution >= 4 is 21.7 Å². The molecule has 0 radical (unpaired) electrons. The Balaban J connectivity index is 2.48. The van der Waals surface area contributed by atoms with Gasteiger partial charge in [-0.2, -0.15) is 0 Å². The van der Waals surface area contributed by atoms with Gasteiger partial charge >= 0.3 is 0 Å². The number of carbonyl (C=O) groups is 1. The van der Waals surface area contributed by atoms with Crippen molar-refractivity contribution in [1.29, 1.82) is 0 Å². The molecule has 3 nitrogen and oxygen atoms in total. The molecule has 0 amide bonds. The lowest BCUT2D eigenvalue weighted by Gasteiger charge is -2.07. The fraction of sp³-hybridized carbons (Fsp3) is 0.455. The summed E-state index contributed by atoms with van der Waals surface area (Å²) in [6, 6.07) is 3.73. The summed E-state index contributed by atoms with van der Waals surface area (Å²) in [4.78, 5) is 15.7. The van der Waals surface area contributed by atoms with Crippen LogP contribution in [0.25, 0.3) is 0 Å². The number of halogens is 1. The van der Waals surface area contributed by atoms with Gasteiger partial charge in [-0.15, -0.1) is 0 Å². The largest absolute Gasteiger partial charge is 0.381 e. The van der Waals surface area contributed by atoms with Crippen LogP contribution in [0.15, 0.2) is 22.8 Å². The molecule has 1 aromatic heterocycles. The molecule has 1 heterocycles. The summed E-state index contributed by atoms with van der Waals surface area (Å²) in [6.07, 6.45) is 2.49. The van der Waals surface area contributed by atoms with Crippen LogP contribution in [0, 0.1) is 0 Å². The lowest BCUT2D eigenvalue weighted by molar-refractivity contribution is -0.120. The topological polar surface area (TPSA) is 39.2 Å². The predicted molar refractivity (Wildman–Crippen MR) is 61.7 cm³/mol. The number of aromatic nitrogens is 1. The predicted octanol–water partition coefficient (Wildman–Crippen LogP) is 2.38. The first-order valence-electron chi connectivity index (χ1n) is 4.76. The molecule has 15 heavy (non-hydrogen) atoms. The van der Waals surface area contributed by atoms with Gasteiger partial charge in [0.2, 0.25) is 0 Å². The quantitative estimate of drug-likeness (QED) is 0.826. The second-order valence-corrected chi connectivity index (χ2v) is 4.35. The molecule has 0 aliphatic rings. The van der Waals surface area contributed by atoms with Gasteiger partial charge in [-0.25, -0.2) is 0 Å². The van der Waals surface area contributed by atoms with E-state index in [9.17, 15) is 4.79 Å². The Morgan fingerprint density at radius 2 is 2.33 bits per heavy atom. The van der Waals surface area contributed by atoms with E-state index >= 15 is 0 Å². The van der Waals surface area contributed by atoms with E-state index in [-0.39, 0.29) is 11.9 Å². The minimum atomic E-state index is -0.0204. The summed E-state index contributed by atoms with van der Waals surface area (Å²) >= 11 is 3.30. The van der Waals surface area contributed by atoms with Gasteiger partial charge in [0.15, 0.2) is 0 Å². The molecule has 0 spiro atoms. The molecule has 0 saturated carbocycles. The molecule has 1 aromatic rings. The van der Waals surface area contributed by atoms with Gasteiger partial charge in [0.25, 0.3) is 0 Å². The van der Waals surface area contributed by atoms with E-state index < -0.39 is 0 Å². The Labute approximate surface area is 98.0 Å². The zero-order chi connectivity index (χ0) is 11.3. The highest BCUT2D eigenvalue weighted by atomic mass is 79.9. The van der Waals surface area contributed by atoms with Crippen molar-refractivity contribution < 1.29 is 9.53 Å². The number of methoxy groups -OCH3 is 1. The van der Waals surface area contributed by atoms with Gasteiger partial charge in [-0.3, -0.25) is 9.78 Å². The number of nitrogens with zero attached hydrogens (tertiary/aromatic N) is 1. The third-order valence-electron chi connectivity index (χ3n) is 2.08. The highest BCUT2D eigenvalue weighted by Crippen LogP contribution is 2.09. The van der Waals surface area contributed by atoms with Crippen molar-refractivity contribution in [2.24, 2.45) is 0 Å². The molecule has 1 atom stereocenters. The van der Waals surface area contributed by atoms with Gasteiger partial charge in [-0.05, 0) is 35.0 Å². The van der Waals surface area contributed by atoms with Crippen molar-refractivity contribution in [3.63, 3.8) is 0 Å². The molecule has 0 N–H and O–H groups in total. The van der Waals surface area contributed by atoms with Crippen LogP contribution in [0.5, 0.6) is 0 Å². The van der Waals surface area contributed by atoms with Crippen molar-refractivity contribution in [2.45, 2.75) is 25.9 Å². The first kappa shape index (κ1) is 12.3. The van der Waals surface area contributed by atoms with Crippen LogP contribution in [0.2, 0.25) is 0 Å². The second kappa shape index (κ2) is 5.98. The number of ether oxygens (including phenoxy) is 1. The third kappa shape index (κ3) is 4.53. The highest BCUT2D eigenvalue weighted by Gasteiger charge is 2.09. The van der Waals surface area contributed by atoms with Crippen molar-refractivity contribution in [1.82, 2.24) is 4.98 Å². The van der Waals surface area contributed by atoms with Crippen LogP contribution < -0.4 is 0 Å². The zero-order valence-corrected chi connectivity index (χ0v) is 10.5. The molecule has 0 bridgehead atoms. The molecule has 1 rings (SSSR count). The van der Waals surface area contributed by atoms with E-state index in [0.29, 0.717) is 12.8 Å². The summed E-state index contributed by atoms with van der Waals surface area (Å²) in [5, 5.41) is 0. The molecule has 82 valence electrons. The Hall–Kier alpha value is -0.740. The summed E-state index contributed by atoms with van der Waals surface area (Å²) in [5.74, 6) is 0.152. The van der Waals surface area contributed by atoms with Crippen LogP contribution in [-0.4, -0.2) is 24.0 Å². The second-order valence-electron chi connectivity index (χ2n) is 3.43. The summed E-state index contributed by atoms with van der Waals surface area (Å²) in [6.45, 7) is 1.88. The average Bonchev–Trinajstić information content (AvgIpc) is 2.21. The van der Waals surface area contributed by atoms with Crippen molar-refractivity contribution in [2.75, 3.05) is 7.11 Å². The van der Waals surface area contributed by atoms with Gasteiger partial charge < -0.3 is 4.74 Å². The number of hydrogen-bond acceptors (Lipinski definition) is 3. The van der Waals surface area contributed by atoms with Crippen LogP contribution >= 0.6 is 15.9 Å². The first-order chi connectivity index (χ1) is 7.11. The molecular weight excluding hydrogens is 258 g/mol. The zero-order valence-electron chi connectivity index (χ0n) is 8.87. The highest BCUT2D eigenvalue weighted by molar-refractivity contribution is 9.10. The molecule has 0 aliphatic heterocycles. The van der Waals surface area contributed by atoms with E-state index in [4.69, 9.17) is 4.74 Å². The van der Waals surface area contributed by atoms with E-state index in [2.05, 4.69) is 20.9 Å². The van der Waals surface area contributed by atoms with E-state index in [1.54, 1.807) is 13.3 Å². The molecule has 0 fully saturated rings. The van der Waals surface area contributed by atoms with Crippen LogP contribution in [0.1, 0.15) is 19.0 Å². The molecule has 0 aliphatic carbocycles. The summed E-state index contributed by atoms with van der Waals surface area (Å²) < 4.78 is 5.95. The minimum absolute atomic E-state index is 0.0204. The van der Waals surface area contributed by atoms with E-state index in [0.717, 1.165) is 10.2 Å². The van der Waals surface area contributed by atoms with E-state index in [1.165, 1.54) is 0 Å². The van der Waals surface area contributed by atoms with Gasteiger partial charge in [0.1, 0.15) is 5.78 Å².